The fraction of sp³-hybridized carbons (Fsp3) is 0.276. The average molecular weight is 466 g/mol. The number of thiophene rings is 1. The Bertz CT molecular complexity index is 1570. The molecule has 1 fully saturated rings. The van der Waals surface area contributed by atoms with Crippen LogP contribution in [0.1, 0.15) is 23.6 Å². The van der Waals surface area contributed by atoms with Crippen LogP contribution in [0, 0.1) is 5.92 Å². The summed E-state index contributed by atoms with van der Waals surface area (Å²) < 4.78 is 5.56. The van der Waals surface area contributed by atoms with Crippen molar-refractivity contribution in [2.24, 2.45) is 13.0 Å². The van der Waals surface area contributed by atoms with E-state index in [1.807, 2.05) is 0 Å². The van der Waals surface area contributed by atoms with Gasteiger partial charge in [-0.2, -0.15) is 0 Å². The van der Waals surface area contributed by atoms with Crippen molar-refractivity contribution in [2.75, 3.05) is 13.1 Å². The molecule has 2 bridgehead atoms. The maximum absolute atomic E-state index is 13.6. The third kappa shape index (κ3) is 3.18. The number of hydrogen-bond donors (Lipinski definition) is 0. The van der Waals surface area contributed by atoms with Crippen molar-refractivity contribution in [3.63, 3.8) is 0 Å². The smallest absolute Gasteiger partial charge is 0.259 e. The number of likely N-dealkylation sites (tertiary alicyclic amines) is 1. The van der Waals surface area contributed by atoms with E-state index < -0.39 is 0 Å². The van der Waals surface area contributed by atoms with E-state index in [9.17, 15) is 4.79 Å². The first-order valence-electron chi connectivity index (χ1n) is 12.1. The molecule has 5 heteroatoms. The normalized spacial score (nSPS) is 20.1. The van der Waals surface area contributed by atoms with E-state index in [0.717, 1.165) is 36.6 Å². The first kappa shape index (κ1) is 20.2. The van der Waals surface area contributed by atoms with Crippen LogP contribution < -0.4 is 5.56 Å². The van der Waals surface area contributed by atoms with Gasteiger partial charge in [0.15, 0.2) is 0 Å². The van der Waals surface area contributed by atoms with E-state index in [2.05, 4.69) is 94.0 Å². The fourth-order valence-electron chi connectivity index (χ4n) is 6.27. The quantitative estimate of drug-likeness (QED) is 0.335. The summed E-state index contributed by atoms with van der Waals surface area (Å²) in [4.78, 5) is 17.3. The van der Waals surface area contributed by atoms with Gasteiger partial charge in [-0.1, -0.05) is 36.4 Å². The van der Waals surface area contributed by atoms with Crippen molar-refractivity contribution >= 4 is 32.3 Å². The molecule has 0 aliphatic carbocycles. The van der Waals surface area contributed by atoms with E-state index in [0.29, 0.717) is 11.8 Å². The molecule has 0 unspecified atom stereocenters. The Morgan fingerprint density at radius 1 is 0.971 bits per heavy atom. The van der Waals surface area contributed by atoms with Crippen molar-refractivity contribution in [1.82, 2.24) is 14.0 Å². The molecule has 2 aromatic carbocycles. The van der Waals surface area contributed by atoms with Gasteiger partial charge < -0.3 is 9.13 Å². The Kier molecular flexibility index (Phi) is 4.58. The molecule has 1 saturated heterocycles. The lowest BCUT2D eigenvalue weighted by Crippen LogP contribution is -2.46. The second kappa shape index (κ2) is 7.69. The summed E-state index contributed by atoms with van der Waals surface area (Å²) in [5, 5.41) is 2.57. The second-order valence-corrected chi connectivity index (χ2v) is 11.1. The van der Waals surface area contributed by atoms with E-state index in [1.165, 1.54) is 38.7 Å². The molecule has 0 radical (unpaired) electrons. The molecule has 5 heterocycles. The monoisotopic (exact) mass is 465 g/mol. The lowest BCUT2D eigenvalue weighted by atomic mass is 9.82. The van der Waals surface area contributed by atoms with Gasteiger partial charge in [0.05, 0.1) is 5.56 Å². The van der Waals surface area contributed by atoms with E-state index in [-0.39, 0.29) is 5.56 Å². The molecular formula is C29H27N3OS. The standard InChI is InChI=1S/C29H27N3OS/c1-30-16-22(23-7-3-4-8-26(23)30)18-31-14-19-12-21(17-31)25-11-10-24(29(33)32(25)15-19)28-13-20-6-2-5-9-27(20)34-28/h2-11,13,16,19,21H,12,14-15,17-18H2,1H3/t19-,21-/m1/s1. The minimum Gasteiger partial charge on any atom is -0.350 e. The highest BCUT2D eigenvalue weighted by Gasteiger charge is 2.35. The zero-order valence-corrected chi connectivity index (χ0v) is 20.1. The number of fused-ring (bicyclic) bond motifs is 6. The minimum atomic E-state index is 0.182. The molecule has 4 nitrogen and oxygen atoms in total. The molecule has 2 aliphatic rings. The van der Waals surface area contributed by atoms with Crippen LogP contribution in [-0.2, 0) is 20.1 Å². The summed E-state index contributed by atoms with van der Waals surface area (Å²) in [6, 6.07) is 23.5. The van der Waals surface area contributed by atoms with E-state index in [4.69, 9.17) is 0 Å². The molecule has 0 N–H and O–H groups in total. The van der Waals surface area contributed by atoms with Gasteiger partial charge in [0.2, 0.25) is 0 Å². The number of piperidine rings is 1. The fourth-order valence-corrected chi connectivity index (χ4v) is 7.35. The van der Waals surface area contributed by atoms with Gasteiger partial charge in [0.1, 0.15) is 0 Å². The molecule has 0 spiro atoms. The Morgan fingerprint density at radius 3 is 2.74 bits per heavy atom. The minimum absolute atomic E-state index is 0.182. The van der Waals surface area contributed by atoms with Gasteiger partial charge in [-0.05, 0) is 53.6 Å². The highest BCUT2D eigenvalue weighted by Crippen LogP contribution is 2.38. The van der Waals surface area contributed by atoms with Gasteiger partial charge in [-0.15, -0.1) is 11.3 Å². The Hall–Kier alpha value is -3.15. The summed E-state index contributed by atoms with van der Waals surface area (Å²) in [5.41, 5.74) is 4.93. The maximum atomic E-state index is 13.6. The van der Waals surface area contributed by atoms with Crippen LogP contribution in [0.5, 0.6) is 0 Å². The summed E-state index contributed by atoms with van der Waals surface area (Å²) in [6.45, 7) is 3.87. The van der Waals surface area contributed by atoms with Gasteiger partial charge >= 0.3 is 0 Å². The molecule has 7 rings (SSSR count). The van der Waals surface area contributed by atoms with Crippen LogP contribution >= 0.6 is 11.3 Å². The number of hydrogen-bond acceptors (Lipinski definition) is 3. The number of para-hydroxylation sites is 1. The predicted octanol–water partition coefficient (Wildman–Crippen LogP) is 5.84. The molecule has 5 aromatic rings. The Balaban J connectivity index is 1.20. The third-order valence-electron chi connectivity index (χ3n) is 7.74. The van der Waals surface area contributed by atoms with Crippen molar-refractivity contribution in [3.05, 3.63) is 94.5 Å². The van der Waals surface area contributed by atoms with E-state index >= 15 is 0 Å². The van der Waals surface area contributed by atoms with Crippen molar-refractivity contribution in [3.8, 4) is 10.4 Å². The van der Waals surface area contributed by atoms with Crippen molar-refractivity contribution < 1.29 is 0 Å². The predicted molar refractivity (Wildman–Crippen MR) is 141 cm³/mol. The molecule has 0 saturated carbocycles. The van der Waals surface area contributed by atoms with Crippen molar-refractivity contribution in [1.29, 1.82) is 0 Å². The second-order valence-electron chi connectivity index (χ2n) is 10.0. The highest BCUT2D eigenvalue weighted by molar-refractivity contribution is 7.22. The Morgan fingerprint density at radius 2 is 1.82 bits per heavy atom. The van der Waals surface area contributed by atoms with Crippen LogP contribution in [0.25, 0.3) is 31.4 Å². The van der Waals surface area contributed by atoms with E-state index in [1.54, 1.807) is 11.3 Å². The number of rotatable bonds is 3. The molecule has 0 amide bonds. The van der Waals surface area contributed by atoms with Crippen LogP contribution in [0.3, 0.4) is 0 Å². The molecule has 170 valence electrons. The zero-order valence-electron chi connectivity index (χ0n) is 19.3. The highest BCUT2D eigenvalue weighted by atomic mass is 32.1. The van der Waals surface area contributed by atoms with Crippen LogP contribution in [0.4, 0.5) is 0 Å². The summed E-state index contributed by atoms with van der Waals surface area (Å²) in [7, 11) is 2.13. The summed E-state index contributed by atoms with van der Waals surface area (Å²) >= 11 is 1.72. The van der Waals surface area contributed by atoms with Gasteiger partial charge in [-0.3, -0.25) is 9.69 Å². The molecule has 2 aliphatic heterocycles. The van der Waals surface area contributed by atoms with Crippen LogP contribution in [0.15, 0.2) is 77.7 Å². The summed E-state index contributed by atoms with van der Waals surface area (Å²) in [5.74, 6) is 0.947. The van der Waals surface area contributed by atoms with Crippen molar-refractivity contribution in [2.45, 2.75) is 25.4 Å². The molecule has 3 aromatic heterocycles. The third-order valence-corrected chi connectivity index (χ3v) is 8.89. The molecular weight excluding hydrogens is 438 g/mol. The first-order chi connectivity index (χ1) is 16.6. The van der Waals surface area contributed by atoms with Crippen LogP contribution in [0.2, 0.25) is 0 Å². The van der Waals surface area contributed by atoms with Gasteiger partial charge in [0, 0.05) is 71.5 Å². The van der Waals surface area contributed by atoms with Crippen LogP contribution in [-0.4, -0.2) is 27.1 Å². The largest absolute Gasteiger partial charge is 0.350 e. The maximum Gasteiger partial charge on any atom is 0.259 e. The summed E-state index contributed by atoms with van der Waals surface area (Å²) in [6.07, 6.45) is 3.47. The lowest BCUT2D eigenvalue weighted by Gasteiger charge is -2.43. The Labute approximate surface area is 202 Å². The lowest BCUT2D eigenvalue weighted by molar-refractivity contribution is 0.115. The number of aryl methyl sites for hydroxylation is 1. The molecule has 34 heavy (non-hydrogen) atoms. The van der Waals surface area contributed by atoms with Gasteiger partial charge in [0.25, 0.3) is 5.56 Å². The van der Waals surface area contributed by atoms with Gasteiger partial charge in [-0.25, -0.2) is 0 Å². The number of benzene rings is 2. The first-order valence-corrected chi connectivity index (χ1v) is 12.9. The average Bonchev–Trinajstić information content (AvgIpc) is 3.41. The zero-order chi connectivity index (χ0) is 22.8. The molecule has 2 atom stereocenters. The SMILES string of the molecule is Cn1cc(CN2C[C@H]3C[C@H](C2)c2ccc(-c4cc5ccccc5s4)c(=O)n2C3)c2ccccc21. The number of aromatic nitrogens is 2. The number of pyridine rings is 1. The number of nitrogens with zero attached hydrogens (tertiary/aromatic N) is 3. The topological polar surface area (TPSA) is 30.2 Å².